The van der Waals surface area contributed by atoms with Gasteiger partial charge in [0, 0.05) is 16.0 Å². The predicted molar refractivity (Wildman–Crippen MR) is 131 cm³/mol. The van der Waals surface area contributed by atoms with Gasteiger partial charge in [0.2, 0.25) is 5.88 Å². The Morgan fingerprint density at radius 2 is 1.59 bits per heavy atom. The number of nitrogens with two attached hydrogens (primary N) is 1. The van der Waals surface area contributed by atoms with Crippen molar-refractivity contribution < 1.29 is 4.74 Å². The number of allylic oxidation sites excluding steroid dienone is 3. The van der Waals surface area contributed by atoms with Crippen molar-refractivity contribution in [1.29, 1.82) is 5.26 Å². The molecule has 2 N–H and O–H groups in total. The number of nitriles is 1. The molecule has 1 aliphatic heterocycles. The van der Waals surface area contributed by atoms with Gasteiger partial charge in [-0.25, -0.2) is 0 Å². The Morgan fingerprint density at radius 1 is 1.00 bits per heavy atom. The summed E-state index contributed by atoms with van der Waals surface area (Å²) >= 11 is 12.2. The van der Waals surface area contributed by atoms with Crippen LogP contribution in [0.2, 0.25) is 10.0 Å². The van der Waals surface area contributed by atoms with E-state index in [1.807, 2.05) is 48.5 Å². The maximum absolute atomic E-state index is 9.95. The van der Waals surface area contributed by atoms with Crippen molar-refractivity contribution >= 4 is 29.3 Å². The van der Waals surface area contributed by atoms with Crippen molar-refractivity contribution in [1.82, 2.24) is 0 Å². The summed E-state index contributed by atoms with van der Waals surface area (Å²) in [6, 6.07) is 17.7. The highest BCUT2D eigenvalue weighted by Crippen LogP contribution is 2.51. The van der Waals surface area contributed by atoms with Crippen LogP contribution in [0, 0.1) is 22.7 Å². The van der Waals surface area contributed by atoms with Crippen LogP contribution in [0.4, 0.5) is 0 Å². The standard InChI is InChI=1S/C27H26Cl2N2O/c1-27(2,3)19-13-18(12-16-4-8-20(28)9-5-16)25-22(14-19)24(23(15-30)26(31)32-25)17-6-10-21(29)11-7-17/h4-12,19,24H,13-14,31H2,1-3H3/b18-12+. The molecule has 0 bridgehead atoms. The molecular formula is C27H26Cl2N2O. The van der Waals surface area contributed by atoms with E-state index >= 15 is 0 Å². The van der Waals surface area contributed by atoms with E-state index in [2.05, 4.69) is 32.9 Å². The lowest BCUT2D eigenvalue weighted by Crippen LogP contribution is -2.31. The Kier molecular flexibility index (Phi) is 6.12. The van der Waals surface area contributed by atoms with Gasteiger partial charge >= 0.3 is 0 Å². The summed E-state index contributed by atoms with van der Waals surface area (Å²) < 4.78 is 6.13. The average molecular weight is 465 g/mol. The summed E-state index contributed by atoms with van der Waals surface area (Å²) in [6.45, 7) is 6.79. The molecule has 1 aliphatic carbocycles. The first kappa shape index (κ1) is 22.5. The molecule has 0 fully saturated rings. The van der Waals surface area contributed by atoms with Gasteiger partial charge in [-0.05, 0) is 76.8 Å². The van der Waals surface area contributed by atoms with Crippen molar-refractivity contribution in [2.45, 2.75) is 39.5 Å². The second kappa shape index (κ2) is 8.70. The van der Waals surface area contributed by atoms with Gasteiger partial charge in [0.15, 0.2) is 0 Å². The normalized spacial score (nSPS) is 22.4. The first-order valence-electron chi connectivity index (χ1n) is 10.7. The predicted octanol–water partition coefficient (Wildman–Crippen LogP) is 7.59. The van der Waals surface area contributed by atoms with Crippen molar-refractivity contribution in [2.75, 3.05) is 0 Å². The maximum atomic E-state index is 9.95. The molecule has 0 saturated heterocycles. The van der Waals surface area contributed by atoms with Gasteiger partial charge in [-0.1, -0.05) is 68.2 Å². The molecule has 3 nitrogen and oxygen atoms in total. The van der Waals surface area contributed by atoms with Crippen LogP contribution in [0.25, 0.3) is 6.08 Å². The summed E-state index contributed by atoms with van der Waals surface area (Å²) in [4.78, 5) is 0. The van der Waals surface area contributed by atoms with Crippen molar-refractivity contribution in [3.63, 3.8) is 0 Å². The monoisotopic (exact) mass is 464 g/mol. The summed E-state index contributed by atoms with van der Waals surface area (Å²) in [5.74, 6) is 1.09. The fourth-order valence-corrected chi connectivity index (χ4v) is 4.75. The first-order chi connectivity index (χ1) is 15.2. The summed E-state index contributed by atoms with van der Waals surface area (Å²) in [7, 11) is 0. The highest BCUT2D eigenvalue weighted by Gasteiger charge is 2.41. The second-order valence-electron chi connectivity index (χ2n) is 9.52. The van der Waals surface area contributed by atoms with Crippen LogP contribution in [-0.4, -0.2) is 0 Å². The van der Waals surface area contributed by atoms with Crippen molar-refractivity contribution in [3.8, 4) is 6.07 Å². The second-order valence-corrected chi connectivity index (χ2v) is 10.4. The molecule has 2 aliphatic rings. The Morgan fingerprint density at radius 3 is 2.16 bits per heavy atom. The zero-order chi connectivity index (χ0) is 23.0. The molecule has 0 saturated carbocycles. The lowest BCUT2D eigenvalue weighted by molar-refractivity contribution is 0.200. The van der Waals surface area contributed by atoms with E-state index in [0.717, 1.165) is 40.9 Å². The Labute approximate surface area is 199 Å². The molecule has 32 heavy (non-hydrogen) atoms. The quantitative estimate of drug-likeness (QED) is 0.497. The van der Waals surface area contributed by atoms with Gasteiger partial charge in [-0.15, -0.1) is 0 Å². The summed E-state index contributed by atoms with van der Waals surface area (Å²) in [5.41, 5.74) is 11.0. The third kappa shape index (κ3) is 4.44. The van der Waals surface area contributed by atoms with Crippen LogP contribution in [-0.2, 0) is 4.74 Å². The van der Waals surface area contributed by atoms with E-state index in [1.54, 1.807) is 0 Å². The van der Waals surface area contributed by atoms with Gasteiger partial charge in [0.25, 0.3) is 0 Å². The third-order valence-corrected chi connectivity index (χ3v) is 6.89. The zero-order valence-electron chi connectivity index (χ0n) is 18.5. The fourth-order valence-electron chi connectivity index (χ4n) is 4.50. The topological polar surface area (TPSA) is 59.0 Å². The molecule has 4 rings (SSSR count). The number of rotatable bonds is 2. The minimum Gasteiger partial charge on any atom is -0.440 e. The highest BCUT2D eigenvalue weighted by atomic mass is 35.5. The minimum atomic E-state index is -0.250. The van der Waals surface area contributed by atoms with E-state index in [-0.39, 0.29) is 17.2 Å². The zero-order valence-corrected chi connectivity index (χ0v) is 20.0. The minimum absolute atomic E-state index is 0.0850. The molecule has 0 spiro atoms. The molecule has 0 aromatic heterocycles. The number of hydrogen-bond donors (Lipinski definition) is 1. The van der Waals surface area contributed by atoms with Crippen molar-refractivity contribution in [3.05, 3.63) is 98.1 Å². The van der Waals surface area contributed by atoms with Crippen LogP contribution >= 0.6 is 23.2 Å². The molecule has 0 amide bonds. The van der Waals surface area contributed by atoms with Crippen LogP contribution in [0.1, 0.15) is 50.7 Å². The van der Waals surface area contributed by atoms with Gasteiger partial charge < -0.3 is 10.5 Å². The van der Waals surface area contributed by atoms with E-state index in [0.29, 0.717) is 21.5 Å². The molecule has 2 atom stereocenters. The van der Waals surface area contributed by atoms with Crippen LogP contribution in [0.3, 0.4) is 0 Å². The van der Waals surface area contributed by atoms with Crippen molar-refractivity contribution in [2.24, 2.45) is 17.1 Å². The number of nitrogens with zero attached hydrogens (tertiary/aromatic N) is 1. The molecule has 164 valence electrons. The Hall–Kier alpha value is -2.67. The number of benzene rings is 2. The maximum Gasteiger partial charge on any atom is 0.205 e. The molecular weight excluding hydrogens is 439 g/mol. The van der Waals surface area contributed by atoms with E-state index in [9.17, 15) is 5.26 Å². The molecule has 2 aromatic carbocycles. The SMILES string of the molecule is CC(C)(C)C1CC2=C(OC(N)=C(C#N)C2c2ccc(Cl)cc2)/C(=C/c2ccc(Cl)cc2)C1. The molecule has 5 heteroatoms. The molecule has 0 radical (unpaired) electrons. The lowest BCUT2D eigenvalue weighted by atomic mass is 9.66. The van der Waals surface area contributed by atoms with Crippen LogP contribution in [0.15, 0.2) is 76.9 Å². The van der Waals surface area contributed by atoms with Gasteiger partial charge in [-0.2, -0.15) is 5.26 Å². The smallest absolute Gasteiger partial charge is 0.205 e. The van der Waals surface area contributed by atoms with E-state index < -0.39 is 0 Å². The highest BCUT2D eigenvalue weighted by molar-refractivity contribution is 6.30. The van der Waals surface area contributed by atoms with Crippen LogP contribution < -0.4 is 5.73 Å². The summed E-state index contributed by atoms with van der Waals surface area (Å²) in [6.07, 6.45) is 3.85. The van der Waals surface area contributed by atoms with Gasteiger partial charge in [0.1, 0.15) is 17.4 Å². The first-order valence-corrected chi connectivity index (χ1v) is 11.5. The summed E-state index contributed by atoms with van der Waals surface area (Å²) in [5, 5.41) is 11.3. The number of ether oxygens (including phenoxy) is 1. The van der Waals surface area contributed by atoms with Gasteiger partial charge in [0.05, 0.1) is 0 Å². The largest absolute Gasteiger partial charge is 0.440 e. The Balaban J connectivity index is 1.89. The molecule has 2 aromatic rings. The number of halogens is 2. The number of hydrogen-bond acceptors (Lipinski definition) is 3. The van der Waals surface area contributed by atoms with E-state index in [4.69, 9.17) is 33.7 Å². The Bertz CT molecular complexity index is 1160. The van der Waals surface area contributed by atoms with Gasteiger partial charge in [-0.3, -0.25) is 0 Å². The third-order valence-electron chi connectivity index (χ3n) is 6.39. The lowest BCUT2D eigenvalue weighted by Gasteiger charge is -2.41. The van der Waals surface area contributed by atoms with E-state index in [1.165, 1.54) is 0 Å². The average Bonchev–Trinajstić information content (AvgIpc) is 2.74. The van der Waals surface area contributed by atoms with Crippen LogP contribution in [0.5, 0.6) is 0 Å². The molecule has 2 unspecified atom stereocenters. The molecule has 1 heterocycles. The fraction of sp³-hybridized carbons (Fsp3) is 0.296.